The van der Waals surface area contributed by atoms with Crippen molar-refractivity contribution in [2.24, 2.45) is 0 Å². The van der Waals surface area contributed by atoms with Gasteiger partial charge in [-0.3, -0.25) is 0 Å². The third-order valence-corrected chi connectivity index (χ3v) is 2.87. The lowest BCUT2D eigenvalue weighted by molar-refractivity contribution is 0.398. The zero-order valence-electron chi connectivity index (χ0n) is 9.89. The van der Waals surface area contributed by atoms with Crippen molar-refractivity contribution in [2.45, 2.75) is 19.6 Å². The van der Waals surface area contributed by atoms with E-state index in [2.05, 4.69) is 36.1 Å². The van der Waals surface area contributed by atoms with Crippen molar-refractivity contribution in [3.63, 3.8) is 0 Å². The van der Waals surface area contributed by atoms with Crippen LogP contribution < -0.4 is 10.5 Å². The van der Waals surface area contributed by atoms with Crippen LogP contribution in [0.5, 0.6) is 5.88 Å². The van der Waals surface area contributed by atoms with Crippen molar-refractivity contribution in [3.05, 3.63) is 16.8 Å². The first-order chi connectivity index (χ1) is 7.33. The van der Waals surface area contributed by atoms with E-state index in [0.29, 0.717) is 22.3 Å². The maximum Gasteiger partial charge on any atom is 0.233 e. The van der Waals surface area contributed by atoms with Gasteiger partial charge in [0.1, 0.15) is 18.8 Å². The first-order valence-corrected chi connectivity index (χ1v) is 8.74. The molecule has 1 heterocycles. The lowest BCUT2D eigenvalue weighted by Crippen LogP contribution is -2.16. The number of hydrogen-bond acceptors (Lipinski definition) is 3. The molecule has 0 aliphatic heterocycles. The Hall–Kier alpha value is -1.18. The normalized spacial score (nSPS) is 10.6. The number of anilines is 1. The summed E-state index contributed by atoms with van der Waals surface area (Å²) in [6.07, 6.45) is 0. The first kappa shape index (κ1) is 12.9. The van der Waals surface area contributed by atoms with Crippen molar-refractivity contribution in [2.75, 3.05) is 12.8 Å². The fraction of sp³-hybridized carbons (Fsp3) is 0.364. The molecular formula is C11H15ClN2OSi. The Bertz CT molecular complexity index is 458. The number of halogens is 1. The van der Waals surface area contributed by atoms with E-state index in [0.717, 1.165) is 0 Å². The number of hydrogen-bond donors (Lipinski definition) is 1. The molecule has 0 unspecified atom stereocenters. The van der Waals surface area contributed by atoms with Crippen molar-refractivity contribution >= 4 is 25.4 Å². The van der Waals surface area contributed by atoms with E-state index >= 15 is 0 Å². The van der Waals surface area contributed by atoms with Gasteiger partial charge in [0.25, 0.3) is 0 Å². The molecule has 1 rings (SSSR count). The van der Waals surface area contributed by atoms with Crippen LogP contribution in [-0.2, 0) is 0 Å². The largest absolute Gasteiger partial charge is 0.480 e. The Labute approximate surface area is 102 Å². The van der Waals surface area contributed by atoms with Gasteiger partial charge in [-0.1, -0.05) is 37.2 Å². The maximum absolute atomic E-state index is 5.88. The van der Waals surface area contributed by atoms with Gasteiger partial charge in [0.2, 0.25) is 5.88 Å². The highest BCUT2D eigenvalue weighted by Crippen LogP contribution is 2.25. The van der Waals surface area contributed by atoms with Crippen LogP contribution in [0.25, 0.3) is 0 Å². The van der Waals surface area contributed by atoms with Crippen LogP contribution >= 0.6 is 11.6 Å². The highest BCUT2D eigenvalue weighted by Gasteiger charge is 2.10. The van der Waals surface area contributed by atoms with Crippen LogP contribution in [-0.4, -0.2) is 20.2 Å². The fourth-order valence-corrected chi connectivity index (χ4v) is 1.71. The lowest BCUT2D eigenvalue weighted by atomic mass is 10.3. The molecule has 0 fully saturated rings. The average molecular weight is 255 g/mol. The summed E-state index contributed by atoms with van der Waals surface area (Å²) in [7, 11) is 0.0794. The van der Waals surface area contributed by atoms with Crippen molar-refractivity contribution in [1.29, 1.82) is 0 Å². The van der Waals surface area contributed by atoms with E-state index in [-0.39, 0.29) is 0 Å². The molecule has 0 saturated carbocycles. The topological polar surface area (TPSA) is 48.1 Å². The molecule has 1 aromatic heterocycles. The van der Waals surface area contributed by atoms with E-state index in [1.165, 1.54) is 7.11 Å². The number of nitrogen functional groups attached to an aromatic ring is 1. The summed E-state index contributed by atoms with van der Waals surface area (Å²) >= 11 is 5.88. The SMILES string of the molecule is COc1nc(C#C[Si](C)(C)C)c(N)cc1Cl. The second kappa shape index (κ2) is 4.77. The molecule has 0 atom stereocenters. The highest BCUT2D eigenvalue weighted by molar-refractivity contribution is 6.83. The van der Waals surface area contributed by atoms with Crippen molar-refractivity contribution < 1.29 is 4.74 Å². The zero-order chi connectivity index (χ0) is 12.3. The third-order valence-electron chi connectivity index (χ3n) is 1.72. The van der Waals surface area contributed by atoms with Crippen LogP contribution in [0.3, 0.4) is 0 Å². The highest BCUT2D eigenvalue weighted by atomic mass is 35.5. The van der Waals surface area contributed by atoms with Gasteiger partial charge in [-0.15, -0.1) is 5.54 Å². The van der Waals surface area contributed by atoms with Gasteiger partial charge >= 0.3 is 0 Å². The summed E-state index contributed by atoms with van der Waals surface area (Å²) in [6.45, 7) is 6.47. The minimum absolute atomic E-state index is 0.357. The molecule has 0 amide bonds. The zero-order valence-corrected chi connectivity index (χ0v) is 11.6. The first-order valence-electron chi connectivity index (χ1n) is 4.86. The average Bonchev–Trinajstić information content (AvgIpc) is 2.15. The van der Waals surface area contributed by atoms with Gasteiger partial charge in [0.15, 0.2) is 0 Å². The monoisotopic (exact) mass is 254 g/mol. The van der Waals surface area contributed by atoms with Gasteiger partial charge in [0, 0.05) is 0 Å². The van der Waals surface area contributed by atoms with Gasteiger partial charge in [-0.05, 0) is 6.07 Å². The maximum atomic E-state index is 5.88. The predicted octanol–water partition coefficient (Wildman–Crippen LogP) is 2.55. The van der Waals surface area contributed by atoms with E-state index in [1.54, 1.807) is 6.07 Å². The number of nitrogens with two attached hydrogens (primary N) is 1. The van der Waals surface area contributed by atoms with E-state index in [1.807, 2.05) is 0 Å². The quantitative estimate of drug-likeness (QED) is 0.619. The van der Waals surface area contributed by atoms with Crippen LogP contribution in [0.4, 0.5) is 5.69 Å². The number of aromatic nitrogens is 1. The second-order valence-corrected chi connectivity index (χ2v) is 9.57. The number of ether oxygens (including phenoxy) is 1. The van der Waals surface area contributed by atoms with Gasteiger partial charge in [-0.2, -0.15) is 0 Å². The fourth-order valence-electron chi connectivity index (χ4n) is 0.976. The molecule has 0 bridgehead atoms. The summed E-state index contributed by atoms with van der Waals surface area (Å²) < 4.78 is 5.02. The van der Waals surface area contributed by atoms with E-state index in [4.69, 9.17) is 22.1 Å². The van der Waals surface area contributed by atoms with Crippen LogP contribution in [0.2, 0.25) is 24.7 Å². The van der Waals surface area contributed by atoms with Gasteiger partial charge < -0.3 is 10.5 Å². The van der Waals surface area contributed by atoms with Crippen LogP contribution in [0, 0.1) is 11.5 Å². The minimum Gasteiger partial charge on any atom is -0.480 e. The molecule has 0 aliphatic carbocycles. The Morgan fingerprint density at radius 2 is 2.06 bits per heavy atom. The van der Waals surface area contributed by atoms with Crippen LogP contribution in [0.1, 0.15) is 5.69 Å². The molecule has 2 N–H and O–H groups in total. The Morgan fingerprint density at radius 3 is 2.56 bits per heavy atom. The Kier molecular flexibility index (Phi) is 3.84. The third kappa shape index (κ3) is 3.44. The molecule has 0 aromatic carbocycles. The van der Waals surface area contributed by atoms with E-state index < -0.39 is 8.07 Å². The van der Waals surface area contributed by atoms with Gasteiger partial charge in [0.05, 0.1) is 12.8 Å². The molecule has 3 nitrogen and oxygen atoms in total. The van der Waals surface area contributed by atoms with Gasteiger partial charge in [-0.25, -0.2) is 4.98 Å². The molecule has 0 aliphatic rings. The molecule has 86 valence electrons. The molecular weight excluding hydrogens is 240 g/mol. The summed E-state index contributed by atoms with van der Waals surface area (Å²) in [5, 5.41) is 0.401. The smallest absolute Gasteiger partial charge is 0.233 e. The molecule has 0 spiro atoms. The Balaban J connectivity index is 3.18. The van der Waals surface area contributed by atoms with E-state index in [9.17, 15) is 0 Å². The number of methoxy groups -OCH3 is 1. The lowest BCUT2D eigenvalue weighted by Gasteiger charge is -2.06. The number of nitrogens with zero attached hydrogens (tertiary/aromatic N) is 1. The van der Waals surface area contributed by atoms with Crippen molar-refractivity contribution in [3.8, 4) is 17.3 Å². The molecule has 5 heteroatoms. The molecule has 0 radical (unpaired) electrons. The Morgan fingerprint density at radius 1 is 1.44 bits per heavy atom. The number of rotatable bonds is 1. The predicted molar refractivity (Wildman–Crippen MR) is 70.4 cm³/mol. The molecule has 1 aromatic rings. The summed E-state index contributed by atoms with van der Waals surface area (Å²) in [6, 6.07) is 1.61. The molecule has 0 saturated heterocycles. The van der Waals surface area contributed by atoms with Crippen LogP contribution in [0.15, 0.2) is 6.07 Å². The second-order valence-electron chi connectivity index (χ2n) is 4.42. The number of pyridine rings is 1. The minimum atomic E-state index is -1.43. The molecule has 16 heavy (non-hydrogen) atoms. The summed E-state index contributed by atoms with van der Waals surface area (Å²) in [5.41, 5.74) is 10.00. The standard InChI is InChI=1S/C11H15ClN2OSi/c1-15-11-8(12)7-9(13)10(14-11)5-6-16(2,3)4/h7H,13H2,1-4H3. The summed E-state index contributed by atoms with van der Waals surface area (Å²) in [4.78, 5) is 4.16. The van der Waals surface area contributed by atoms with Crippen molar-refractivity contribution in [1.82, 2.24) is 4.98 Å². The summed E-state index contributed by atoms with van der Waals surface area (Å²) in [5.74, 6) is 3.35.